The molecule has 0 aromatic carbocycles. The smallest absolute Gasteiger partial charge is 0.137 e. The topological polar surface area (TPSA) is 57.5 Å². The maximum Gasteiger partial charge on any atom is 0.137 e. The van der Waals surface area contributed by atoms with Crippen molar-refractivity contribution in [3.8, 4) is 0 Å². The van der Waals surface area contributed by atoms with Crippen molar-refractivity contribution in [1.29, 1.82) is 0 Å². The second kappa shape index (κ2) is 5.54. The molecule has 9 atom stereocenters. The molecule has 0 bridgehead atoms. The maximum atomic E-state index is 13.3. The molecule has 3 nitrogen and oxygen atoms in total. The van der Waals surface area contributed by atoms with Gasteiger partial charge >= 0.3 is 0 Å². The molecule has 4 aliphatic carbocycles. The summed E-state index contributed by atoms with van der Waals surface area (Å²) in [6.07, 6.45) is 7.56. The molecule has 0 aromatic heterocycles. The molecule has 0 aromatic rings. The van der Waals surface area contributed by atoms with Gasteiger partial charge in [-0.05, 0) is 86.4 Å². The van der Waals surface area contributed by atoms with Gasteiger partial charge in [-0.15, -0.1) is 0 Å². The van der Waals surface area contributed by atoms with Crippen molar-refractivity contribution in [3.63, 3.8) is 0 Å². The molecule has 4 fully saturated rings. The van der Waals surface area contributed by atoms with Gasteiger partial charge in [-0.2, -0.15) is 0 Å². The normalized spacial score (nSPS) is 55.5. The molecular formula is C21H34O3. The number of aliphatic hydroxyl groups excluding tert-OH is 2. The number of carbonyl (C=O) groups is 1. The molecule has 0 saturated heterocycles. The molecule has 0 amide bonds. The van der Waals surface area contributed by atoms with Gasteiger partial charge in [0.15, 0.2) is 0 Å². The first-order valence-electron chi connectivity index (χ1n) is 10.2. The number of hydrogen-bond donors (Lipinski definition) is 2. The van der Waals surface area contributed by atoms with Gasteiger partial charge in [0.1, 0.15) is 5.78 Å². The highest BCUT2D eigenvalue weighted by molar-refractivity contribution is 5.84. The number of fused-ring (bicyclic) bond motifs is 5. The molecular weight excluding hydrogens is 300 g/mol. The van der Waals surface area contributed by atoms with E-state index in [0.29, 0.717) is 30.0 Å². The van der Waals surface area contributed by atoms with E-state index in [0.717, 1.165) is 32.1 Å². The molecule has 136 valence electrons. The number of carbonyl (C=O) groups excluding carboxylic acids is 1. The Morgan fingerprint density at radius 1 is 1.08 bits per heavy atom. The Morgan fingerprint density at radius 2 is 1.83 bits per heavy atom. The first-order chi connectivity index (χ1) is 11.3. The fourth-order valence-corrected chi connectivity index (χ4v) is 7.88. The summed E-state index contributed by atoms with van der Waals surface area (Å²) >= 11 is 0. The van der Waals surface area contributed by atoms with Crippen molar-refractivity contribution < 1.29 is 15.0 Å². The summed E-state index contributed by atoms with van der Waals surface area (Å²) in [6, 6.07) is 0. The zero-order chi connectivity index (χ0) is 17.3. The minimum absolute atomic E-state index is 0.00376. The zero-order valence-corrected chi connectivity index (χ0v) is 15.5. The standard InChI is InChI=1S/C21H34O3/c1-12(22)16-6-7-17-15-5-4-13-10-14(23)8-9-20(13,2)19(15)18(24)11-21(16,17)3/h12-17,19,22-23H,4-11H2,1-3H3/t12-,13+,14+,15-,16+,17?,19?,20-,21+/m0/s1. The summed E-state index contributed by atoms with van der Waals surface area (Å²) in [5.41, 5.74) is 0.104. The average Bonchev–Trinajstić information content (AvgIpc) is 2.84. The monoisotopic (exact) mass is 334 g/mol. The fraction of sp³-hybridized carbons (Fsp3) is 0.952. The van der Waals surface area contributed by atoms with Crippen LogP contribution in [0.25, 0.3) is 0 Å². The molecule has 0 radical (unpaired) electrons. The highest BCUT2D eigenvalue weighted by Crippen LogP contribution is 2.66. The number of Topliss-reactive ketones (excluding diaryl/α,β-unsaturated/α-hetero) is 1. The lowest BCUT2D eigenvalue weighted by molar-refractivity contribution is -0.163. The molecule has 4 rings (SSSR count). The molecule has 2 unspecified atom stereocenters. The Balaban J connectivity index is 1.67. The Hall–Kier alpha value is -0.410. The van der Waals surface area contributed by atoms with Gasteiger partial charge in [-0.3, -0.25) is 4.79 Å². The van der Waals surface area contributed by atoms with Crippen molar-refractivity contribution >= 4 is 5.78 Å². The van der Waals surface area contributed by atoms with E-state index in [1.807, 2.05) is 6.92 Å². The Bertz CT molecular complexity index is 529. The van der Waals surface area contributed by atoms with Crippen LogP contribution in [0.1, 0.15) is 72.1 Å². The largest absolute Gasteiger partial charge is 0.393 e. The van der Waals surface area contributed by atoms with Crippen molar-refractivity contribution in [2.75, 3.05) is 0 Å². The summed E-state index contributed by atoms with van der Waals surface area (Å²) in [6.45, 7) is 6.55. The van der Waals surface area contributed by atoms with Crippen LogP contribution in [0.3, 0.4) is 0 Å². The van der Waals surface area contributed by atoms with Crippen molar-refractivity contribution in [2.24, 2.45) is 40.4 Å². The van der Waals surface area contributed by atoms with Gasteiger partial charge in [-0.1, -0.05) is 13.8 Å². The third-order valence-corrected chi connectivity index (χ3v) is 8.98. The van der Waals surface area contributed by atoms with Crippen LogP contribution in [-0.4, -0.2) is 28.2 Å². The summed E-state index contributed by atoms with van der Waals surface area (Å²) in [7, 11) is 0. The molecule has 4 saturated carbocycles. The van der Waals surface area contributed by atoms with E-state index in [1.165, 1.54) is 12.8 Å². The molecule has 3 heteroatoms. The van der Waals surface area contributed by atoms with E-state index < -0.39 is 0 Å². The summed E-state index contributed by atoms with van der Waals surface area (Å²) in [4.78, 5) is 13.3. The molecule has 24 heavy (non-hydrogen) atoms. The number of ketones is 1. The Morgan fingerprint density at radius 3 is 2.54 bits per heavy atom. The van der Waals surface area contributed by atoms with Crippen LogP contribution in [-0.2, 0) is 4.79 Å². The van der Waals surface area contributed by atoms with Crippen LogP contribution in [0.5, 0.6) is 0 Å². The van der Waals surface area contributed by atoms with E-state index in [9.17, 15) is 15.0 Å². The van der Waals surface area contributed by atoms with E-state index in [1.54, 1.807) is 0 Å². The van der Waals surface area contributed by atoms with Gasteiger partial charge in [0, 0.05) is 12.3 Å². The number of rotatable bonds is 1. The second-order valence-corrected chi connectivity index (χ2v) is 10.0. The van der Waals surface area contributed by atoms with Crippen LogP contribution in [0.15, 0.2) is 0 Å². The Kier molecular flexibility index (Phi) is 3.93. The molecule has 0 spiro atoms. The molecule has 0 heterocycles. The predicted molar refractivity (Wildman–Crippen MR) is 93.3 cm³/mol. The SMILES string of the molecule is C[C@H](O)[C@H]1CCC2[C@@H]3CC[C@@H]4C[C@H](O)CC[C@]4(C)C3C(=O)C[C@@]21C. The van der Waals surface area contributed by atoms with E-state index in [-0.39, 0.29) is 34.9 Å². The lowest BCUT2D eigenvalue weighted by Crippen LogP contribution is -2.58. The summed E-state index contributed by atoms with van der Waals surface area (Å²) in [5.74, 6) is 2.58. The van der Waals surface area contributed by atoms with Crippen molar-refractivity contribution in [3.05, 3.63) is 0 Å². The summed E-state index contributed by atoms with van der Waals surface area (Å²) in [5, 5.41) is 20.4. The quantitative estimate of drug-likeness (QED) is 0.771. The van der Waals surface area contributed by atoms with Crippen LogP contribution in [0.4, 0.5) is 0 Å². The fourth-order valence-electron chi connectivity index (χ4n) is 7.88. The van der Waals surface area contributed by atoms with E-state index >= 15 is 0 Å². The molecule has 2 N–H and O–H groups in total. The Labute approximate surface area is 146 Å². The molecule has 0 aliphatic heterocycles. The third kappa shape index (κ3) is 2.19. The van der Waals surface area contributed by atoms with Crippen LogP contribution >= 0.6 is 0 Å². The minimum atomic E-state index is -0.305. The summed E-state index contributed by atoms with van der Waals surface area (Å²) < 4.78 is 0. The van der Waals surface area contributed by atoms with Crippen LogP contribution < -0.4 is 0 Å². The number of hydrogen-bond acceptors (Lipinski definition) is 3. The first-order valence-corrected chi connectivity index (χ1v) is 10.2. The zero-order valence-electron chi connectivity index (χ0n) is 15.5. The third-order valence-electron chi connectivity index (χ3n) is 8.98. The van der Waals surface area contributed by atoms with E-state index in [2.05, 4.69) is 13.8 Å². The lowest BCUT2D eigenvalue weighted by atomic mass is 9.44. The van der Waals surface area contributed by atoms with Crippen LogP contribution in [0, 0.1) is 40.4 Å². The van der Waals surface area contributed by atoms with Crippen LogP contribution in [0.2, 0.25) is 0 Å². The lowest BCUT2D eigenvalue weighted by Gasteiger charge is -2.60. The van der Waals surface area contributed by atoms with Gasteiger partial charge < -0.3 is 10.2 Å². The number of aliphatic hydroxyl groups is 2. The maximum absolute atomic E-state index is 13.3. The van der Waals surface area contributed by atoms with E-state index in [4.69, 9.17) is 0 Å². The predicted octanol–water partition coefficient (Wildman–Crippen LogP) is 3.57. The molecule has 4 aliphatic rings. The van der Waals surface area contributed by atoms with Gasteiger partial charge in [0.2, 0.25) is 0 Å². The minimum Gasteiger partial charge on any atom is -0.393 e. The van der Waals surface area contributed by atoms with Crippen molar-refractivity contribution in [2.45, 2.75) is 84.3 Å². The van der Waals surface area contributed by atoms with Gasteiger partial charge in [0.05, 0.1) is 12.2 Å². The highest BCUT2D eigenvalue weighted by atomic mass is 16.3. The second-order valence-electron chi connectivity index (χ2n) is 10.0. The van der Waals surface area contributed by atoms with Crippen molar-refractivity contribution in [1.82, 2.24) is 0 Å². The first kappa shape index (κ1) is 17.0. The van der Waals surface area contributed by atoms with Gasteiger partial charge in [-0.25, -0.2) is 0 Å². The average molecular weight is 335 g/mol. The van der Waals surface area contributed by atoms with Gasteiger partial charge in [0.25, 0.3) is 0 Å². The highest BCUT2D eigenvalue weighted by Gasteiger charge is 2.63.